The van der Waals surface area contributed by atoms with E-state index in [-0.39, 0.29) is 36.3 Å². The van der Waals surface area contributed by atoms with E-state index in [0.717, 1.165) is 5.56 Å². The van der Waals surface area contributed by atoms with Crippen molar-refractivity contribution in [2.75, 3.05) is 11.9 Å². The molecule has 126 valence electrons. The fraction of sp³-hybridized carbons (Fsp3) is 0.263. The van der Waals surface area contributed by atoms with Gasteiger partial charge in [0.1, 0.15) is 5.75 Å². The Morgan fingerprint density at radius 1 is 1.12 bits per heavy atom. The molecule has 2 aromatic carbocycles. The molecule has 0 heterocycles. The van der Waals surface area contributed by atoms with Gasteiger partial charge in [-0.05, 0) is 25.5 Å². The van der Waals surface area contributed by atoms with Crippen molar-refractivity contribution in [3.63, 3.8) is 0 Å². The van der Waals surface area contributed by atoms with Crippen LogP contribution in [0.25, 0.3) is 0 Å². The molecule has 1 amide bonds. The summed E-state index contributed by atoms with van der Waals surface area (Å²) in [6.07, 6.45) is -0.0440. The number of para-hydroxylation sites is 1. The first-order chi connectivity index (χ1) is 11.5. The van der Waals surface area contributed by atoms with Crippen LogP contribution >= 0.6 is 0 Å². The lowest BCUT2D eigenvalue weighted by Crippen LogP contribution is -2.19. The number of amides is 1. The fourth-order valence-corrected chi connectivity index (χ4v) is 2.34. The molecule has 24 heavy (non-hydrogen) atoms. The first-order valence-electron chi connectivity index (χ1n) is 7.85. The summed E-state index contributed by atoms with van der Waals surface area (Å²) < 4.78 is 4.88. The maximum absolute atomic E-state index is 12.4. The molecule has 0 saturated heterocycles. The lowest BCUT2D eigenvalue weighted by atomic mass is 10.0. The highest BCUT2D eigenvalue weighted by molar-refractivity contribution is 5.97. The number of nitrogens with one attached hydrogen (secondary N) is 1. The predicted molar refractivity (Wildman–Crippen MR) is 91.9 cm³/mol. The molecule has 0 bridgehead atoms. The topological polar surface area (TPSA) is 75.6 Å². The Bertz CT molecular complexity index is 713. The number of benzene rings is 2. The van der Waals surface area contributed by atoms with E-state index >= 15 is 0 Å². The molecule has 0 aliphatic carbocycles. The smallest absolute Gasteiger partial charge is 0.310 e. The third-order valence-electron chi connectivity index (χ3n) is 3.71. The summed E-state index contributed by atoms with van der Waals surface area (Å²) >= 11 is 0. The molecular weight excluding hydrogens is 306 g/mol. The van der Waals surface area contributed by atoms with Crippen molar-refractivity contribution in [3.05, 3.63) is 59.7 Å². The van der Waals surface area contributed by atoms with Crippen LogP contribution in [0.15, 0.2) is 48.5 Å². The van der Waals surface area contributed by atoms with Gasteiger partial charge in [0.15, 0.2) is 0 Å². The highest BCUT2D eigenvalue weighted by Gasteiger charge is 2.18. The van der Waals surface area contributed by atoms with E-state index in [1.54, 1.807) is 32.0 Å². The molecule has 0 aliphatic rings. The van der Waals surface area contributed by atoms with Crippen molar-refractivity contribution in [2.45, 2.75) is 26.2 Å². The highest BCUT2D eigenvalue weighted by atomic mass is 16.5. The van der Waals surface area contributed by atoms with Crippen LogP contribution in [0.1, 0.15) is 30.9 Å². The van der Waals surface area contributed by atoms with Gasteiger partial charge in [-0.15, -0.1) is 0 Å². The minimum Gasteiger partial charge on any atom is -0.505 e. The molecule has 5 heteroatoms. The van der Waals surface area contributed by atoms with E-state index in [9.17, 15) is 14.7 Å². The number of ether oxygens (including phenoxy) is 1. The van der Waals surface area contributed by atoms with Gasteiger partial charge >= 0.3 is 5.97 Å². The van der Waals surface area contributed by atoms with E-state index in [1.165, 1.54) is 0 Å². The largest absolute Gasteiger partial charge is 0.505 e. The number of phenols is 1. The van der Waals surface area contributed by atoms with E-state index < -0.39 is 5.97 Å². The Hall–Kier alpha value is -2.82. The van der Waals surface area contributed by atoms with E-state index in [4.69, 9.17) is 4.74 Å². The Balaban J connectivity index is 2.12. The second-order valence-electron chi connectivity index (χ2n) is 5.42. The number of phenolic OH excluding ortho intramolecular Hbond substituents is 1. The molecule has 2 aromatic rings. The van der Waals surface area contributed by atoms with Crippen LogP contribution in [-0.4, -0.2) is 23.6 Å². The molecule has 5 nitrogen and oxygen atoms in total. The van der Waals surface area contributed by atoms with Crippen LogP contribution in [0.5, 0.6) is 5.75 Å². The first-order valence-corrected chi connectivity index (χ1v) is 7.85. The predicted octanol–water partition coefficient (Wildman–Crippen LogP) is 3.24. The molecule has 2 N–H and O–H groups in total. The molecule has 0 aromatic heterocycles. The van der Waals surface area contributed by atoms with E-state index in [1.807, 2.05) is 30.3 Å². The highest BCUT2D eigenvalue weighted by Crippen LogP contribution is 2.29. The van der Waals surface area contributed by atoms with Crippen LogP contribution in [-0.2, 0) is 20.7 Å². The lowest BCUT2D eigenvalue weighted by molar-refractivity contribution is -0.142. The number of carbonyl (C=O) groups is 2. The molecule has 0 saturated carbocycles. The fourth-order valence-electron chi connectivity index (χ4n) is 2.34. The van der Waals surface area contributed by atoms with Gasteiger partial charge in [0.25, 0.3) is 0 Å². The van der Waals surface area contributed by atoms with Gasteiger partial charge in [-0.1, -0.05) is 42.5 Å². The summed E-state index contributed by atoms with van der Waals surface area (Å²) in [5.74, 6) is -1.13. The number of rotatable bonds is 6. The lowest BCUT2D eigenvalue weighted by Gasteiger charge is -2.15. The van der Waals surface area contributed by atoms with Gasteiger partial charge < -0.3 is 15.2 Å². The van der Waals surface area contributed by atoms with Crippen molar-refractivity contribution in [2.24, 2.45) is 0 Å². The Morgan fingerprint density at radius 2 is 1.83 bits per heavy atom. The molecular formula is C19H21NO4. The second-order valence-corrected chi connectivity index (χ2v) is 5.42. The van der Waals surface area contributed by atoms with Crippen molar-refractivity contribution in [1.29, 1.82) is 0 Å². The SMILES string of the molecule is CCOC(=O)Cc1cccc(NC(=O)C(C)c2ccccc2)c1O. The standard InChI is InChI=1S/C19H21NO4/c1-3-24-17(21)12-15-10-7-11-16(18(15)22)20-19(23)13(2)14-8-5-4-6-9-14/h4-11,13,22H,3,12H2,1-2H3,(H,20,23). The molecule has 1 unspecified atom stereocenters. The third-order valence-corrected chi connectivity index (χ3v) is 3.71. The summed E-state index contributed by atoms with van der Waals surface area (Å²) in [6.45, 7) is 3.80. The quantitative estimate of drug-likeness (QED) is 0.631. The maximum atomic E-state index is 12.4. The summed E-state index contributed by atoms with van der Waals surface area (Å²) in [5.41, 5.74) is 1.58. The Kier molecular flexibility index (Phi) is 5.95. The number of hydrogen-bond acceptors (Lipinski definition) is 4. The minimum atomic E-state index is -0.422. The average Bonchev–Trinajstić information content (AvgIpc) is 2.58. The minimum absolute atomic E-state index is 0.0440. The zero-order valence-electron chi connectivity index (χ0n) is 13.8. The molecule has 0 spiro atoms. The van der Waals surface area contributed by atoms with Crippen LogP contribution in [0.3, 0.4) is 0 Å². The van der Waals surface area contributed by atoms with Crippen LogP contribution < -0.4 is 5.32 Å². The molecule has 0 radical (unpaired) electrons. The van der Waals surface area contributed by atoms with Gasteiger partial charge in [0.05, 0.1) is 24.6 Å². The van der Waals surface area contributed by atoms with E-state index in [2.05, 4.69) is 5.32 Å². The molecule has 1 atom stereocenters. The van der Waals surface area contributed by atoms with Crippen molar-refractivity contribution in [3.8, 4) is 5.75 Å². The zero-order valence-corrected chi connectivity index (χ0v) is 13.8. The number of esters is 1. The summed E-state index contributed by atoms with van der Waals surface area (Å²) in [4.78, 5) is 24.0. The van der Waals surface area contributed by atoms with Gasteiger partial charge in [-0.25, -0.2) is 0 Å². The van der Waals surface area contributed by atoms with Crippen molar-refractivity contribution >= 4 is 17.6 Å². The molecule has 2 rings (SSSR count). The van der Waals surface area contributed by atoms with E-state index in [0.29, 0.717) is 5.56 Å². The summed E-state index contributed by atoms with van der Waals surface area (Å²) in [7, 11) is 0. The monoisotopic (exact) mass is 327 g/mol. The normalized spacial score (nSPS) is 11.6. The van der Waals surface area contributed by atoms with Crippen LogP contribution in [0.4, 0.5) is 5.69 Å². The number of hydrogen-bond donors (Lipinski definition) is 2. The Labute approximate surface area is 141 Å². The summed E-state index contributed by atoms with van der Waals surface area (Å²) in [6, 6.07) is 14.3. The number of carbonyl (C=O) groups excluding carboxylic acids is 2. The summed E-state index contributed by atoms with van der Waals surface area (Å²) in [5, 5.41) is 13.0. The first kappa shape index (κ1) is 17.5. The van der Waals surface area contributed by atoms with Gasteiger partial charge in [-0.3, -0.25) is 9.59 Å². The molecule has 0 fully saturated rings. The molecule has 0 aliphatic heterocycles. The zero-order chi connectivity index (χ0) is 17.5. The van der Waals surface area contributed by atoms with Gasteiger partial charge in [-0.2, -0.15) is 0 Å². The average molecular weight is 327 g/mol. The van der Waals surface area contributed by atoms with Crippen LogP contribution in [0.2, 0.25) is 0 Å². The second kappa shape index (κ2) is 8.15. The van der Waals surface area contributed by atoms with Crippen molar-refractivity contribution in [1.82, 2.24) is 0 Å². The van der Waals surface area contributed by atoms with Gasteiger partial charge in [0, 0.05) is 5.56 Å². The number of anilines is 1. The Morgan fingerprint density at radius 3 is 2.50 bits per heavy atom. The maximum Gasteiger partial charge on any atom is 0.310 e. The van der Waals surface area contributed by atoms with Crippen LogP contribution in [0, 0.1) is 0 Å². The van der Waals surface area contributed by atoms with Crippen molar-refractivity contribution < 1.29 is 19.4 Å². The number of aromatic hydroxyl groups is 1. The third kappa shape index (κ3) is 4.35. The van der Waals surface area contributed by atoms with Gasteiger partial charge in [0.2, 0.25) is 5.91 Å².